The second-order valence-electron chi connectivity index (χ2n) is 4.36. The number of furan rings is 1. The van der Waals surface area contributed by atoms with Crippen molar-refractivity contribution in [1.82, 2.24) is 5.43 Å². The minimum atomic E-state index is -0.227. The highest BCUT2D eigenvalue weighted by Gasteiger charge is 2.13. The fraction of sp³-hybridized carbons (Fsp3) is 0.200. The molecular weight excluding hydrogens is 352 g/mol. The summed E-state index contributed by atoms with van der Waals surface area (Å²) in [6.07, 6.45) is 1.48. The van der Waals surface area contributed by atoms with Crippen LogP contribution in [-0.2, 0) is 4.79 Å². The number of halogens is 1. The average Bonchev–Trinajstić information content (AvgIpc) is 2.78. The Morgan fingerprint density at radius 2 is 2.14 bits per heavy atom. The van der Waals surface area contributed by atoms with Crippen molar-refractivity contribution in [2.24, 2.45) is 5.10 Å². The molecule has 1 aromatic carbocycles. The molecule has 0 aliphatic rings. The van der Waals surface area contributed by atoms with E-state index in [9.17, 15) is 4.79 Å². The molecule has 1 amide bonds. The Morgan fingerprint density at radius 1 is 1.43 bits per heavy atom. The number of benzene rings is 1. The maximum Gasteiger partial charge on any atom is 0.253 e. The van der Waals surface area contributed by atoms with Gasteiger partial charge in [-0.05, 0) is 41.9 Å². The maximum absolute atomic E-state index is 11.9. The Labute approximate surface area is 136 Å². The van der Waals surface area contributed by atoms with Crippen molar-refractivity contribution in [2.45, 2.75) is 24.0 Å². The van der Waals surface area contributed by atoms with E-state index < -0.39 is 0 Å². The predicted molar refractivity (Wildman–Crippen MR) is 88.6 cm³/mol. The van der Waals surface area contributed by atoms with E-state index in [0.717, 1.165) is 15.1 Å². The zero-order valence-corrected chi connectivity index (χ0v) is 14.1. The van der Waals surface area contributed by atoms with Crippen LogP contribution in [0.25, 0.3) is 0 Å². The summed E-state index contributed by atoms with van der Waals surface area (Å²) in [5.74, 6) is 1.21. The Balaban J connectivity index is 1.86. The molecule has 0 unspecified atom stereocenters. The highest BCUT2D eigenvalue weighted by molar-refractivity contribution is 9.10. The zero-order chi connectivity index (χ0) is 15.2. The molecule has 0 radical (unpaired) electrons. The van der Waals surface area contributed by atoms with Gasteiger partial charge in [-0.1, -0.05) is 18.2 Å². The topological polar surface area (TPSA) is 54.6 Å². The maximum atomic E-state index is 11.9. The van der Waals surface area contributed by atoms with E-state index in [1.165, 1.54) is 18.0 Å². The van der Waals surface area contributed by atoms with Crippen LogP contribution >= 0.6 is 27.7 Å². The molecule has 6 heteroatoms. The van der Waals surface area contributed by atoms with Gasteiger partial charge in [0.05, 0.1) is 15.9 Å². The van der Waals surface area contributed by atoms with E-state index >= 15 is 0 Å². The normalized spacial score (nSPS) is 12.5. The SMILES string of the molecule is Cc1oc(/C=N\NC(=O)[C@@H](C)Sc2ccccc2)cc1Br. The zero-order valence-electron chi connectivity index (χ0n) is 11.7. The van der Waals surface area contributed by atoms with Gasteiger partial charge in [-0.25, -0.2) is 5.43 Å². The standard InChI is InChI=1S/C15H15BrN2O2S/c1-10-14(16)8-12(20-10)9-17-18-15(19)11(2)21-13-6-4-3-5-7-13/h3-9,11H,1-2H3,(H,18,19)/b17-9-/t11-/m1/s1. The second-order valence-corrected chi connectivity index (χ2v) is 6.63. The molecule has 0 spiro atoms. The molecule has 0 bridgehead atoms. The van der Waals surface area contributed by atoms with Gasteiger partial charge < -0.3 is 4.42 Å². The predicted octanol–water partition coefficient (Wildman–Crippen LogP) is 3.98. The first kappa shape index (κ1) is 15.9. The first-order chi connectivity index (χ1) is 10.1. The molecule has 0 aliphatic carbocycles. The van der Waals surface area contributed by atoms with Gasteiger partial charge in [0.15, 0.2) is 0 Å². The van der Waals surface area contributed by atoms with Gasteiger partial charge in [-0.3, -0.25) is 4.79 Å². The van der Waals surface area contributed by atoms with Gasteiger partial charge in [0.25, 0.3) is 5.91 Å². The van der Waals surface area contributed by atoms with Crippen LogP contribution in [0.2, 0.25) is 0 Å². The summed E-state index contributed by atoms with van der Waals surface area (Å²) in [6.45, 7) is 3.69. The number of rotatable bonds is 5. The van der Waals surface area contributed by atoms with E-state index in [1.54, 1.807) is 6.07 Å². The van der Waals surface area contributed by atoms with Gasteiger partial charge in [-0.15, -0.1) is 11.8 Å². The van der Waals surface area contributed by atoms with Gasteiger partial charge in [0.1, 0.15) is 11.5 Å². The second kappa shape index (κ2) is 7.47. The van der Waals surface area contributed by atoms with E-state index in [2.05, 4.69) is 26.5 Å². The van der Waals surface area contributed by atoms with Crippen molar-refractivity contribution >= 4 is 39.8 Å². The number of hydrazone groups is 1. The molecule has 2 aromatic rings. The fourth-order valence-electron chi connectivity index (χ4n) is 1.55. The van der Waals surface area contributed by atoms with Crippen molar-refractivity contribution < 1.29 is 9.21 Å². The van der Waals surface area contributed by atoms with Crippen LogP contribution in [0, 0.1) is 6.92 Å². The molecule has 110 valence electrons. The number of hydrogen-bond donors (Lipinski definition) is 1. The summed E-state index contributed by atoms with van der Waals surface area (Å²) < 4.78 is 6.28. The van der Waals surface area contributed by atoms with Crippen LogP contribution in [0.1, 0.15) is 18.4 Å². The molecule has 1 heterocycles. The smallest absolute Gasteiger partial charge is 0.253 e. The summed E-state index contributed by atoms with van der Waals surface area (Å²) in [6, 6.07) is 11.6. The number of nitrogens with one attached hydrogen (secondary N) is 1. The highest BCUT2D eigenvalue weighted by Crippen LogP contribution is 2.22. The summed E-state index contributed by atoms with van der Waals surface area (Å²) in [5, 5.41) is 3.68. The third-order valence-corrected chi connectivity index (χ3v) is 4.57. The Hall–Kier alpha value is -1.53. The highest BCUT2D eigenvalue weighted by atomic mass is 79.9. The molecule has 1 N–H and O–H groups in total. The van der Waals surface area contributed by atoms with E-state index in [0.29, 0.717) is 5.76 Å². The third kappa shape index (κ3) is 4.75. The lowest BCUT2D eigenvalue weighted by Gasteiger charge is -2.08. The molecular formula is C15H15BrN2O2S. The van der Waals surface area contributed by atoms with Crippen molar-refractivity contribution in [3.8, 4) is 0 Å². The Kier molecular flexibility index (Phi) is 5.64. The summed E-state index contributed by atoms with van der Waals surface area (Å²) in [5.41, 5.74) is 2.51. The molecule has 1 atom stereocenters. The largest absolute Gasteiger partial charge is 0.459 e. The fourth-order valence-corrected chi connectivity index (χ4v) is 2.74. The van der Waals surface area contributed by atoms with Crippen molar-refractivity contribution in [3.63, 3.8) is 0 Å². The number of nitrogens with zero attached hydrogens (tertiary/aromatic N) is 1. The number of aryl methyl sites for hydroxylation is 1. The van der Waals surface area contributed by atoms with Crippen molar-refractivity contribution in [2.75, 3.05) is 0 Å². The third-order valence-electron chi connectivity index (χ3n) is 2.67. The van der Waals surface area contributed by atoms with Crippen molar-refractivity contribution in [1.29, 1.82) is 0 Å². The first-order valence-corrected chi connectivity index (χ1v) is 8.04. The Morgan fingerprint density at radius 3 is 2.76 bits per heavy atom. The minimum absolute atomic E-state index is 0.151. The van der Waals surface area contributed by atoms with E-state index in [1.807, 2.05) is 44.2 Å². The summed E-state index contributed by atoms with van der Waals surface area (Å²) >= 11 is 4.84. The number of carbonyl (C=O) groups excluding carboxylic acids is 1. The van der Waals surface area contributed by atoms with Crippen LogP contribution in [0.15, 0.2) is 55.3 Å². The number of amides is 1. The van der Waals surface area contributed by atoms with Crippen LogP contribution in [0.4, 0.5) is 0 Å². The molecule has 21 heavy (non-hydrogen) atoms. The molecule has 0 fully saturated rings. The van der Waals surface area contributed by atoms with Gasteiger partial charge in [0, 0.05) is 11.0 Å². The molecule has 4 nitrogen and oxygen atoms in total. The lowest BCUT2D eigenvalue weighted by Crippen LogP contribution is -2.26. The first-order valence-electron chi connectivity index (χ1n) is 6.37. The van der Waals surface area contributed by atoms with Crippen molar-refractivity contribution in [3.05, 3.63) is 52.4 Å². The van der Waals surface area contributed by atoms with Gasteiger partial charge in [-0.2, -0.15) is 5.10 Å². The van der Waals surface area contributed by atoms with Crippen LogP contribution < -0.4 is 5.43 Å². The number of hydrogen-bond acceptors (Lipinski definition) is 4. The molecule has 1 aromatic heterocycles. The lowest BCUT2D eigenvalue weighted by atomic mass is 10.4. The summed E-state index contributed by atoms with van der Waals surface area (Å²) in [4.78, 5) is 13.0. The van der Waals surface area contributed by atoms with Crippen LogP contribution in [0.3, 0.4) is 0 Å². The number of carbonyl (C=O) groups is 1. The number of thioether (sulfide) groups is 1. The average molecular weight is 367 g/mol. The molecule has 2 rings (SSSR count). The lowest BCUT2D eigenvalue weighted by molar-refractivity contribution is -0.120. The van der Waals surface area contributed by atoms with E-state index in [-0.39, 0.29) is 11.2 Å². The quantitative estimate of drug-likeness (QED) is 0.494. The summed E-state index contributed by atoms with van der Waals surface area (Å²) in [7, 11) is 0. The van der Waals surface area contributed by atoms with Gasteiger partial charge in [0.2, 0.25) is 0 Å². The van der Waals surface area contributed by atoms with Crippen LogP contribution in [-0.4, -0.2) is 17.4 Å². The Bertz CT molecular complexity index is 621. The monoisotopic (exact) mass is 366 g/mol. The minimum Gasteiger partial charge on any atom is -0.459 e. The van der Waals surface area contributed by atoms with Gasteiger partial charge >= 0.3 is 0 Å². The molecule has 0 saturated heterocycles. The van der Waals surface area contributed by atoms with Crippen LogP contribution in [0.5, 0.6) is 0 Å². The molecule has 0 aliphatic heterocycles. The molecule has 0 saturated carbocycles. The van der Waals surface area contributed by atoms with E-state index in [4.69, 9.17) is 4.42 Å².